The molecule has 0 aliphatic carbocycles. The predicted octanol–water partition coefficient (Wildman–Crippen LogP) is 3.58. The van der Waals surface area contributed by atoms with Crippen molar-refractivity contribution in [2.75, 3.05) is 13.7 Å². The number of hydrogen-bond donors (Lipinski definition) is 1. The second-order valence-electron chi connectivity index (χ2n) is 7.53. The quantitative estimate of drug-likeness (QED) is 0.412. The van der Waals surface area contributed by atoms with E-state index in [0.29, 0.717) is 16.8 Å². The van der Waals surface area contributed by atoms with Crippen LogP contribution in [0.2, 0.25) is 0 Å². The van der Waals surface area contributed by atoms with Gasteiger partial charge in [-0.2, -0.15) is 0 Å². The molecule has 170 valence electrons. The number of ketones is 1. The first-order valence-corrected chi connectivity index (χ1v) is 10.7. The molecule has 3 aromatic carbocycles. The predicted molar refractivity (Wildman–Crippen MR) is 129 cm³/mol. The zero-order valence-corrected chi connectivity index (χ0v) is 18.6. The van der Waals surface area contributed by atoms with Gasteiger partial charge in [0.2, 0.25) is 0 Å². The van der Waals surface area contributed by atoms with Crippen LogP contribution in [0.5, 0.6) is 5.75 Å². The van der Waals surface area contributed by atoms with E-state index in [-0.39, 0.29) is 35.9 Å². The lowest BCUT2D eigenvalue weighted by molar-refractivity contribution is 0.0940. The highest BCUT2D eigenvalue weighted by molar-refractivity contribution is 6.15. The minimum atomic E-state index is -0.379. The molecule has 0 aliphatic heterocycles. The second-order valence-corrected chi connectivity index (χ2v) is 7.53. The van der Waals surface area contributed by atoms with Gasteiger partial charge >= 0.3 is 0 Å². The number of methoxy groups -OCH3 is 1. The molecule has 7 heteroatoms. The van der Waals surface area contributed by atoms with E-state index in [1.807, 2.05) is 18.2 Å². The third kappa shape index (κ3) is 5.10. The third-order valence-corrected chi connectivity index (χ3v) is 5.36. The molecule has 0 aliphatic rings. The normalized spacial score (nSPS) is 10.5. The molecule has 0 radical (unpaired) electrons. The van der Waals surface area contributed by atoms with Gasteiger partial charge in [-0.05, 0) is 30.3 Å². The average molecular weight is 453 g/mol. The van der Waals surface area contributed by atoms with Gasteiger partial charge in [-0.25, -0.2) is 4.98 Å². The number of carbonyl (C=O) groups excluding carboxylic acids is 2. The standard InChI is InChI=1S/C27H23N3O4/c1-34-21-13-11-19(12-14-21)24-17-25(31)30(18-29-24)16-15-28-27(33)23-10-6-5-9-22(23)26(32)20-7-3-2-4-8-20/h2-14,17-18H,15-16H2,1H3,(H,28,33). The van der Waals surface area contributed by atoms with Gasteiger partial charge in [-0.15, -0.1) is 0 Å². The molecule has 34 heavy (non-hydrogen) atoms. The third-order valence-electron chi connectivity index (χ3n) is 5.36. The first kappa shape index (κ1) is 22.7. The fraction of sp³-hybridized carbons (Fsp3) is 0.111. The number of ether oxygens (including phenoxy) is 1. The highest BCUT2D eigenvalue weighted by atomic mass is 16.5. The summed E-state index contributed by atoms with van der Waals surface area (Å²) >= 11 is 0. The summed E-state index contributed by atoms with van der Waals surface area (Å²) in [7, 11) is 1.59. The average Bonchev–Trinajstić information content (AvgIpc) is 2.89. The fourth-order valence-electron chi connectivity index (χ4n) is 3.52. The summed E-state index contributed by atoms with van der Waals surface area (Å²) in [5.74, 6) is 0.122. The van der Waals surface area contributed by atoms with Crippen LogP contribution in [0, 0.1) is 0 Å². The molecular formula is C27H23N3O4. The summed E-state index contributed by atoms with van der Waals surface area (Å²) in [4.78, 5) is 42.5. The first-order valence-electron chi connectivity index (χ1n) is 10.7. The van der Waals surface area contributed by atoms with Gasteiger partial charge in [0, 0.05) is 35.8 Å². The van der Waals surface area contributed by atoms with Gasteiger partial charge in [-0.1, -0.05) is 48.5 Å². The Kier molecular flexibility index (Phi) is 6.93. The molecule has 0 unspecified atom stereocenters. The number of nitrogens with one attached hydrogen (secondary N) is 1. The zero-order valence-electron chi connectivity index (χ0n) is 18.6. The summed E-state index contributed by atoms with van der Waals surface area (Å²) in [6, 6.07) is 24.2. The van der Waals surface area contributed by atoms with Gasteiger partial charge in [0.15, 0.2) is 5.78 Å². The molecule has 1 heterocycles. The highest BCUT2D eigenvalue weighted by Gasteiger charge is 2.17. The molecule has 4 rings (SSSR count). The number of rotatable bonds is 8. The molecule has 1 N–H and O–H groups in total. The smallest absolute Gasteiger partial charge is 0.253 e. The zero-order chi connectivity index (χ0) is 23.9. The van der Waals surface area contributed by atoms with E-state index in [1.54, 1.807) is 67.8 Å². The first-order chi connectivity index (χ1) is 16.6. The number of aromatic nitrogens is 2. The number of benzene rings is 3. The monoisotopic (exact) mass is 453 g/mol. The maximum absolute atomic E-state index is 12.9. The van der Waals surface area contributed by atoms with Crippen molar-refractivity contribution >= 4 is 11.7 Å². The van der Waals surface area contributed by atoms with E-state index in [0.717, 1.165) is 11.3 Å². The van der Waals surface area contributed by atoms with E-state index in [9.17, 15) is 14.4 Å². The van der Waals surface area contributed by atoms with Crippen molar-refractivity contribution < 1.29 is 14.3 Å². The lowest BCUT2D eigenvalue weighted by Crippen LogP contribution is -2.31. The highest BCUT2D eigenvalue weighted by Crippen LogP contribution is 2.19. The van der Waals surface area contributed by atoms with Crippen LogP contribution in [0.1, 0.15) is 26.3 Å². The van der Waals surface area contributed by atoms with E-state index >= 15 is 0 Å². The topological polar surface area (TPSA) is 90.3 Å². The summed E-state index contributed by atoms with van der Waals surface area (Å²) < 4.78 is 6.57. The van der Waals surface area contributed by atoms with E-state index in [4.69, 9.17) is 4.74 Å². The van der Waals surface area contributed by atoms with Crippen LogP contribution in [0.3, 0.4) is 0 Å². The molecule has 1 aromatic heterocycles. The molecule has 7 nitrogen and oxygen atoms in total. The molecule has 0 saturated heterocycles. The summed E-state index contributed by atoms with van der Waals surface area (Å²) in [6.45, 7) is 0.450. The largest absolute Gasteiger partial charge is 0.497 e. The second kappa shape index (κ2) is 10.4. The number of amides is 1. The van der Waals surface area contributed by atoms with Crippen molar-refractivity contribution in [1.29, 1.82) is 0 Å². The van der Waals surface area contributed by atoms with Crippen LogP contribution >= 0.6 is 0 Å². The van der Waals surface area contributed by atoms with Crippen molar-refractivity contribution in [3.8, 4) is 17.0 Å². The summed E-state index contributed by atoms with van der Waals surface area (Å²) in [5, 5.41) is 2.79. The van der Waals surface area contributed by atoms with Gasteiger partial charge in [-0.3, -0.25) is 19.0 Å². The fourth-order valence-corrected chi connectivity index (χ4v) is 3.52. The van der Waals surface area contributed by atoms with Gasteiger partial charge < -0.3 is 10.1 Å². The Morgan fingerprint density at radius 3 is 2.26 bits per heavy atom. The molecule has 0 atom stereocenters. The van der Waals surface area contributed by atoms with Crippen molar-refractivity contribution in [2.45, 2.75) is 6.54 Å². The minimum Gasteiger partial charge on any atom is -0.497 e. The summed E-state index contributed by atoms with van der Waals surface area (Å²) in [6.07, 6.45) is 1.46. The number of carbonyl (C=O) groups is 2. The lowest BCUT2D eigenvalue weighted by atomic mass is 9.98. The van der Waals surface area contributed by atoms with E-state index in [2.05, 4.69) is 10.3 Å². The Bertz CT molecular complexity index is 1360. The van der Waals surface area contributed by atoms with E-state index < -0.39 is 0 Å². The maximum atomic E-state index is 12.9. The molecule has 0 fully saturated rings. The van der Waals surface area contributed by atoms with Crippen molar-refractivity contribution in [2.24, 2.45) is 0 Å². The van der Waals surface area contributed by atoms with Gasteiger partial charge in [0.05, 0.1) is 24.7 Å². The molecule has 4 aromatic rings. The van der Waals surface area contributed by atoms with Crippen LogP contribution < -0.4 is 15.6 Å². The van der Waals surface area contributed by atoms with Crippen molar-refractivity contribution in [3.05, 3.63) is 118 Å². The number of hydrogen-bond acceptors (Lipinski definition) is 5. The van der Waals surface area contributed by atoms with Crippen LogP contribution in [-0.2, 0) is 6.54 Å². The van der Waals surface area contributed by atoms with Crippen LogP contribution in [0.4, 0.5) is 0 Å². The van der Waals surface area contributed by atoms with Crippen molar-refractivity contribution in [3.63, 3.8) is 0 Å². The Balaban J connectivity index is 1.42. The van der Waals surface area contributed by atoms with Crippen molar-refractivity contribution in [1.82, 2.24) is 14.9 Å². The van der Waals surface area contributed by atoms with Crippen LogP contribution in [-0.4, -0.2) is 34.9 Å². The lowest BCUT2D eigenvalue weighted by Gasteiger charge is -2.11. The van der Waals surface area contributed by atoms with Gasteiger partial charge in [0.25, 0.3) is 11.5 Å². The molecule has 0 spiro atoms. The Morgan fingerprint density at radius 1 is 0.912 bits per heavy atom. The van der Waals surface area contributed by atoms with Crippen LogP contribution in [0.15, 0.2) is 96.1 Å². The Labute approximate surface area is 196 Å². The molecule has 0 saturated carbocycles. The Morgan fingerprint density at radius 2 is 1.59 bits per heavy atom. The molecular weight excluding hydrogens is 430 g/mol. The van der Waals surface area contributed by atoms with Crippen LogP contribution in [0.25, 0.3) is 11.3 Å². The Hall–Kier alpha value is -4.52. The minimum absolute atomic E-state index is 0.205. The summed E-state index contributed by atoms with van der Waals surface area (Å²) in [5.41, 5.74) is 2.26. The number of nitrogens with zero attached hydrogens (tertiary/aromatic N) is 2. The molecule has 0 bridgehead atoms. The van der Waals surface area contributed by atoms with Gasteiger partial charge in [0.1, 0.15) is 5.75 Å². The SMILES string of the molecule is COc1ccc(-c2cc(=O)n(CCNC(=O)c3ccccc3C(=O)c3ccccc3)cn2)cc1. The molecule has 1 amide bonds. The maximum Gasteiger partial charge on any atom is 0.253 e. The van der Waals surface area contributed by atoms with E-state index in [1.165, 1.54) is 17.0 Å².